The highest BCUT2D eigenvalue weighted by Gasteiger charge is 2.18. The molecule has 0 aliphatic heterocycles. The van der Waals surface area contributed by atoms with Gasteiger partial charge in [0.15, 0.2) is 5.15 Å². The number of thiophene rings is 1. The minimum absolute atomic E-state index is 0.0418. The second-order valence-electron chi connectivity index (χ2n) is 3.33. The lowest BCUT2D eigenvalue weighted by atomic mass is 10.4. The molecule has 0 aliphatic carbocycles. The van der Waals surface area contributed by atoms with E-state index in [4.69, 9.17) is 16.9 Å². The maximum Gasteiger partial charge on any atom is 0.271 e. The van der Waals surface area contributed by atoms with Crippen molar-refractivity contribution in [1.29, 1.82) is 5.26 Å². The van der Waals surface area contributed by atoms with Gasteiger partial charge in [-0.2, -0.15) is 5.26 Å². The molecule has 0 atom stereocenters. The summed E-state index contributed by atoms with van der Waals surface area (Å²) in [5.74, 6) is 0. The molecular weight excluding hydrogens is 374 g/mol. The van der Waals surface area contributed by atoms with Gasteiger partial charge in [0.2, 0.25) is 0 Å². The van der Waals surface area contributed by atoms with E-state index in [2.05, 4.69) is 25.6 Å². The van der Waals surface area contributed by atoms with Crippen LogP contribution in [0.1, 0.15) is 4.88 Å². The molecule has 5 nitrogen and oxygen atoms in total. The summed E-state index contributed by atoms with van der Waals surface area (Å²) >= 11 is 9.88. The number of aromatic nitrogens is 1. The molecule has 0 aromatic carbocycles. The fourth-order valence-electron chi connectivity index (χ4n) is 1.21. The van der Waals surface area contributed by atoms with Crippen molar-refractivity contribution >= 4 is 54.6 Å². The summed E-state index contributed by atoms with van der Waals surface area (Å²) < 4.78 is 27.1. The molecule has 0 saturated carbocycles. The monoisotopic (exact) mass is 377 g/mol. The number of hydrogen-bond acceptors (Lipinski definition) is 5. The van der Waals surface area contributed by atoms with Crippen LogP contribution in [0.5, 0.6) is 0 Å². The summed E-state index contributed by atoms with van der Waals surface area (Å²) in [5.41, 5.74) is 0.169. The summed E-state index contributed by atoms with van der Waals surface area (Å²) in [6.45, 7) is 0. The molecule has 0 fully saturated rings. The first kappa shape index (κ1) is 14.3. The smallest absolute Gasteiger partial charge is 0.271 e. The largest absolute Gasteiger partial charge is 0.276 e. The van der Waals surface area contributed by atoms with Crippen molar-refractivity contribution in [3.63, 3.8) is 0 Å². The molecule has 0 aliphatic rings. The second kappa shape index (κ2) is 5.46. The van der Waals surface area contributed by atoms with E-state index in [0.717, 1.165) is 11.3 Å². The first-order valence-electron chi connectivity index (χ1n) is 4.76. The summed E-state index contributed by atoms with van der Waals surface area (Å²) in [6.07, 6.45) is 1.46. The van der Waals surface area contributed by atoms with Gasteiger partial charge in [0.25, 0.3) is 10.0 Å². The van der Waals surface area contributed by atoms with E-state index in [1.807, 2.05) is 6.07 Å². The molecule has 9 heteroatoms. The standard InChI is InChI=1S/C10H5BrClN3O2S2/c11-6-3-8(10(12)14-5-6)15-19(16,17)9-2-1-7(4-13)18-9/h1-3,5,15H. The lowest BCUT2D eigenvalue weighted by molar-refractivity contribution is 0.603. The van der Waals surface area contributed by atoms with Crippen molar-refractivity contribution < 1.29 is 8.42 Å². The third-order valence-corrected chi connectivity index (χ3v) is 5.59. The van der Waals surface area contributed by atoms with Crippen molar-refractivity contribution in [3.8, 4) is 6.07 Å². The van der Waals surface area contributed by atoms with E-state index in [1.165, 1.54) is 24.4 Å². The fourth-order valence-corrected chi connectivity index (χ4v) is 3.91. The number of sulfonamides is 1. The zero-order chi connectivity index (χ0) is 14.0. The van der Waals surface area contributed by atoms with Gasteiger partial charge in [0.1, 0.15) is 15.2 Å². The van der Waals surface area contributed by atoms with Crippen LogP contribution in [-0.4, -0.2) is 13.4 Å². The summed E-state index contributed by atoms with van der Waals surface area (Å²) in [7, 11) is -3.77. The van der Waals surface area contributed by atoms with E-state index in [0.29, 0.717) is 9.35 Å². The van der Waals surface area contributed by atoms with Crippen molar-refractivity contribution in [3.05, 3.63) is 38.9 Å². The van der Waals surface area contributed by atoms with Crippen LogP contribution in [0.15, 0.2) is 33.1 Å². The van der Waals surface area contributed by atoms with Crippen molar-refractivity contribution in [2.75, 3.05) is 4.72 Å². The Morgan fingerprint density at radius 2 is 2.21 bits per heavy atom. The van der Waals surface area contributed by atoms with Crippen molar-refractivity contribution in [2.24, 2.45) is 0 Å². The van der Waals surface area contributed by atoms with Gasteiger partial charge in [-0.05, 0) is 34.1 Å². The number of halogens is 2. The molecule has 0 amide bonds. The molecule has 0 unspecified atom stereocenters. The Morgan fingerprint density at radius 3 is 2.84 bits per heavy atom. The molecule has 19 heavy (non-hydrogen) atoms. The van der Waals surface area contributed by atoms with E-state index in [1.54, 1.807) is 0 Å². The van der Waals surface area contributed by atoms with Crippen molar-refractivity contribution in [1.82, 2.24) is 4.98 Å². The van der Waals surface area contributed by atoms with Crippen LogP contribution in [0, 0.1) is 11.3 Å². The Bertz CT molecular complexity index is 767. The molecule has 1 N–H and O–H groups in total. The molecule has 2 aromatic rings. The molecule has 2 aromatic heterocycles. The maximum absolute atomic E-state index is 12.1. The normalized spacial score (nSPS) is 11.0. The molecule has 0 radical (unpaired) electrons. The highest BCUT2D eigenvalue weighted by molar-refractivity contribution is 9.10. The highest BCUT2D eigenvalue weighted by Crippen LogP contribution is 2.28. The Kier molecular flexibility index (Phi) is 4.10. The Balaban J connectivity index is 2.36. The quantitative estimate of drug-likeness (QED) is 0.831. The van der Waals surface area contributed by atoms with E-state index in [-0.39, 0.29) is 15.0 Å². The number of rotatable bonds is 3. The SMILES string of the molecule is N#Cc1ccc(S(=O)(=O)Nc2cc(Br)cnc2Cl)s1. The number of nitrogens with zero attached hydrogens (tertiary/aromatic N) is 2. The minimum Gasteiger partial charge on any atom is -0.276 e. The Morgan fingerprint density at radius 1 is 1.47 bits per heavy atom. The minimum atomic E-state index is -3.77. The number of hydrogen-bond donors (Lipinski definition) is 1. The second-order valence-corrected chi connectivity index (χ2v) is 7.59. The first-order chi connectivity index (χ1) is 8.92. The van der Waals surface area contributed by atoms with E-state index >= 15 is 0 Å². The lowest BCUT2D eigenvalue weighted by Gasteiger charge is -2.07. The van der Waals surface area contributed by atoms with Gasteiger partial charge in [0.05, 0.1) is 5.69 Å². The summed E-state index contributed by atoms with van der Waals surface area (Å²) in [5, 5.41) is 8.74. The Labute approximate surface area is 127 Å². The van der Waals surface area contributed by atoms with Crippen LogP contribution in [0.4, 0.5) is 5.69 Å². The van der Waals surface area contributed by atoms with Gasteiger partial charge in [-0.1, -0.05) is 11.6 Å². The lowest BCUT2D eigenvalue weighted by Crippen LogP contribution is -2.12. The molecule has 2 heterocycles. The van der Waals surface area contributed by atoms with E-state index in [9.17, 15) is 8.42 Å². The van der Waals surface area contributed by atoms with Crippen LogP contribution in [-0.2, 0) is 10.0 Å². The molecule has 2 rings (SSSR count). The van der Waals surface area contributed by atoms with Crippen LogP contribution in [0.2, 0.25) is 5.15 Å². The predicted molar refractivity (Wildman–Crippen MR) is 76.8 cm³/mol. The third-order valence-electron chi connectivity index (χ3n) is 2.01. The van der Waals surface area contributed by atoms with Gasteiger partial charge in [0, 0.05) is 10.7 Å². The van der Waals surface area contributed by atoms with Crippen LogP contribution < -0.4 is 4.72 Å². The third kappa shape index (κ3) is 3.25. The number of pyridine rings is 1. The van der Waals surface area contributed by atoms with Crippen LogP contribution >= 0.6 is 38.9 Å². The Hall–Kier alpha value is -1.14. The van der Waals surface area contributed by atoms with E-state index < -0.39 is 10.0 Å². The molecule has 0 spiro atoms. The van der Waals surface area contributed by atoms with Gasteiger partial charge >= 0.3 is 0 Å². The van der Waals surface area contributed by atoms with Crippen LogP contribution in [0.3, 0.4) is 0 Å². The first-order valence-corrected chi connectivity index (χ1v) is 8.23. The number of nitriles is 1. The predicted octanol–water partition coefficient (Wildman–Crippen LogP) is 3.23. The van der Waals surface area contributed by atoms with Gasteiger partial charge in [-0.15, -0.1) is 11.3 Å². The van der Waals surface area contributed by atoms with Crippen LogP contribution in [0.25, 0.3) is 0 Å². The van der Waals surface area contributed by atoms with Gasteiger partial charge in [-0.25, -0.2) is 13.4 Å². The summed E-state index contributed by atoms with van der Waals surface area (Å²) in [6, 6.07) is 6.20. The topological polar surface area (TPSA) is 82.8 Å². The van der Waals surface area contributed by atoms with Crippen molar-refractivity contribution in [2.45, 2.75) is 4.21 Å². The molecule has 98 valence electrons. The van der Waals surface area contributed by atoms with Gasteiger partial charge < -0.3 is 0 Å². The zero-order valence-electron chi connectivity index (χ0n) is 9.09. The molecule has 0 bridgehead atoms. The average Bonchev–Trinajstić information content (AvgIpc) is 2.83. The fraction of sp³-hybridized carbons (Fsp3) is 0. The van der Waals surface area contributed by atoms with Gasteiger partial charge in [-0.3, -0.25) is 4.72 Å². The molecule has 0 saturated heterocycles. The molecular formula is C10H5BrClN3O2S2. The number of nitrogens with one attached hydrogen (secondary N) is 1. The number of anilines is 1. The average molecular weight is 379 g/mol. The zero-order valence-corrected chi connectivity index (χ0v) is 13.1. The highest BCUT2D eigenvalue weighted by atomic mass is 79.9. The summed E-state index contributed by atoms with van der Waals surface area (Å²) in [4.78, 5) is 4.14. The maximum atomic E-state index is 12.1.